The van der Waals surface area contributed by atoms with E-state index in [0.717, 1.165) is 19.0 Å². The van der Waals surface area contributed by atoms with E-state index in [0.29, 0.717) is 0 Å². The van der Waals surface area contributed by atoms with Gasteiger partial charge in [-0.05, 0) is 70.3 Å². The van der Waals surface area contributed by atoms with E-state index in [4.69, 9.17) is 0 Å². The molecule has 0 unspecified atom stereocenters. The summed E-state index contributed by atoms with van der Waals surface area (Å²) >= 11 is 0. The standard InChI is InChI=1S/C15H24N2/c1-15(2,3)17-14-6-4-12(5-7-14)13-8-10-16-11-9-13/h4-7,13,16-17H,8-11H2,1-3H3. The van der Waals surface area contributed by atoms with Gasteiger partial charge in [-0.2, -0.15) is 0 Å². The van der Waals surface area contributed by atoms with Crippen LogP contribution in [0.2, 0.25) is 0 Å². The molecular formula is C15H24N2. The molecule has 2 N–H and O–H groups in total. The molecule has 94 valence electrons. The Morgan fingerprint density at radius 2 is 1.65 bits per heavy atom. The third-order valence-corrected chi connectivity index (χ3v) is 3.24. The van der Waals surface area contributed by atoms with Gasteiger partial charge < -0.3 is 10.6 Å². The molecule has 0 bridgehead atoms. The lowest BCUT2D eigenvalue weighted by Gasteiger charge is -2.25. The maximum Gasteiger partial charge on any atom is 0.0344 e. The highest BCUT2D eigenvalue weighted by molar-refractivity contribution is 5.47. The average molecular weight is 232 g/mol. The molecule has 0 amide bonds. The largest absolute Gasteiger partial charge is 0.380 e. The van der Waals surface area contributed by atoms with E-state index in [1.165, 1.54) is 24.1 Å². The van der Waals surface area contributed by atoms with Crippen LogP contribution >= 0.6 is 0 Å². The molecule has 1 saturated heterocycles. The fourth-order valence-electron chi connectivity index (χ4n) is 2.43. The summed E-state index contributed by atoms with van der Waals surface area (Å²) in [6, 6.07) is 8.99. The van der Waals surface area contributed by atoms with Crippen LogP contribution in [0.3, 0.4) is 0 Å². The molecule has 17 heavy (non-hydrogen) atoms. The summed E-state index contributed by atoms with van der Waals surface area (Å²) in [5.74, 6) is 0.750. The fraction of sp³-hybridized carbons (Fsp3) is 0.600. The van der Waals surface area contributed by atoms with E-state index < -0.39 is 0 Å². The zero-order valence-electron chi connectivity index (χ0n) is 11.2. The normalized spacial score (nSPS) is 18.1. The molecule has 0 aliphatic carbocycles. The summed E-state index contributed by atoms with van der Waals surface area (Å²) < 4.78 is 0. The van der Waals surface area contributed by atoms with Gasteiger partial charge in [0.2, 0.25) is 0 Å². The molecule has 0 radical (unpaired) electrons. The number of anilines is 1. The van der Waals surface area contributed by atoms with Gasteiger partial charge in [0.15, 0.2) is 0 Å². The average Bonchev–Trinajstić information content (AvgIpc) is 2.29. The predicted octanol–water partition coefficient (Wildman–Crippen LogP) is 3.36. The second-order valence-electron chi connectivity index (χ2n) is 6.02. The maximum atomic E-state index is 3.50. The summed E-state index contributed by atoms with van der Waals surface area (Å²) in [5, 5.41) is 6.91. The molecule has 1 aromatic carbocycles. The highest BCUT2D eigenvalue weighted by Gasteiger charge is 2.15. The van der Waals surface area contributed by atoms with Gasteiger partial charge in [-0.25, -0.2) is 0 Å². The Kier molecular flexibility index (Phi) is 3.72. The molecule has 2 rings (SSSR count). The van der Waals surface area contributed by atoms with Crippen molar-refractivity contribution in [3.8, 4) is 0 Å². The number of hydrogen-bond donors (Lipinski definition) is 2. The fourth-order valence-corrected chi connectivity index (χ4v) is 2.43. The van der Waals surface area contributed by atoms with Crippen molar-refractivity contribution in [3.63, 3.8) is 0 Å². The molecule has 1 aromatic rings. The van der Waals surface area contributed by atoms with Crippen LogP contribution in [0.4, 0.5) is 5.69 Å². The Hall–Kier alpha value is -1.02. The van der Waals surface area contributed by atoms with Crippen LogP contribution in [-0.4, -0.2) is 18.6 Å². The van der Waals surface area contributed by atoms with Crippen molar-refractivity contribution in [1.29, 1.82) is 0 Å². The van der Waals surface area contributed by atoms with E-state index in [1.807, 2.05) is 0 Å². The van der Waals surface area contributed by atoms with Crippen LogP contribution in [0.1, 0.15) is 45.1 Å². The van der Waals surface area contributed by atoms with Crippen LogP contribution < -0.4 is 10.6 Å². The van der Waals surface area contributed by atoms with Gasteiger partial charge in [-0.15, -0.1) is 0 Å². The summed E-state index contributed by atoms with van der Waals surface area (Å²) in [6.07, 6.45) is 2.54. The van der Waals surface area contributed by atoms with Gasteiger partial charge in [0, 0.05) is 11.2 Å². The SMILES string of the molecule is CC(C)(C)Nc1ccc(C2CCNCC2)cc1. The second kappa shape index (κ2) is 5.09. The number of piperidine rings is 1. The lowest BCUT2D eigenvalue weighted by molar-refractivity contribution is 0.460. The van der Waals surface area contributed by atoms with Crippen molar-refractivity contribution in [2.45, 2.75) is 45.1 Å². The van der Waals surface area contributed by atoms with Crippen LogP contribution in [0.25, 0.3) is 0 Å². The van der Waals surface area contributed by atoms with Crippen molar-refractivity contribution in [2.24, 2.45) is 0 Å². The van der Waals surface area contributed by atoms with Crippen molar-refractivity contribution in [2.75, 3.05) is 18.4 Å². The predicted molar refractivity (Wildman–Crippen MR) is 74.7 cm³/mol. The molecule has 0 saturated carbocycles. The van der Waals surface area contributed by atoms with Gasteiger partial charge in [0.25, 0.3) is 0 Å². The highest BCUT2D eigenvalue weighted by Crippen LogP contribution is 2.26. The highest BCUT2D eigenvalue weighted by atomic mass is 14.9. The van der Waals surface area contributed by atoms with E-state index in [-0.39, 0.29) is 5.54 Å². The number of hydrogen-bond acceptors (Lipinski definition) is 2. The Bertz CT molecular complexity index is 342. The maximum absolute atomic E-state index is 3.50. The first-order valence-electron chi connectivity index (χ1n) is 6.63. The molecule has 0 spiro atoms. The van der Waals surface area contributed by atoms with Crippen LogP contribution in [0.5, 0.6) is 0 Å². The molecule has 2 nitrogen and oxygen atoms in total. The first kappa shape index (κ1) is 12.4. The lowest BCUT2D eigenvalue weighted by atomic mass is 9.90. The van der Waals surface area contributed by atoms with Gasteiger partial charge >= 0.3 is 0 Å². The monoisotopic (exact) mass is 232 g/mol. The molecular weight excluding hydrogens is 208 g/mol. The molecule has 0 aromatic heterocycles. The molecule has 2 heteroatoms. The minimum atomic E-state index is 0.135. The van der Waals surface area contributed by atoms with Gasteiger partial charge in [-0.3, -0.25) is 0 Å². The van der Waals surface area contributed by atoms with E-state index in [2.05, 4.69) is 55.7 Å². The van der Waals surface area contributed by atoms with Crippen molar-refractivity contribution >= 4 is 5.69 Å². The number of nitrogens with one attached hydrogen (secondary N) is 2. The summed E-state index contributed by atoms with van der Waals surface area (Å²) in [7, 11) is 0. The van der Waals surface area contributed by atoms with E-state index in [9.17, 15) is 0 Å². The smallest absolute Gasteiger partial charge is 0.0344 e. The van der Waals surface area contributed by atoms with Gasteiger partial charge in [-0.1, -0.05) is 12.1 Å². The first-order valence-corrected chi connectivity index (χ1v) is 6.63. The van der Waals surface area contributed by atoms with Crippen LogP contribution in [0, 0.1) is 0 Å². The third kappa shape index (κ3) is 3.74. The second-order valence-corrected chi connectivity index (χ2v) is 6.02. The lowest BCUT2D eigenvalue weighted by Crippen LogP contribution is -2.27. The topological polar surface area (TPSA) is 24.1 Å². The van der Waals surface area contributed by atoms with Crippen molar-refractivity contribution in [3.05, 3.63) is 29.8 Å². The van der Waals surface area contributed by atoms with Crippen molar-refractivity contribution in [1.82, 2.24) is 5.32 Å². The quantitative estimate of drug-likeness (QED) is 0.817. The number of benzene rings is 1. The molecule has 0 atom stereocenters. The minimum Gasteiger partial charge on any atom is -0.380 e. The van der Waals surface area contributed by atoms with Crippen LogP contribution in [0.15, 0.2) is 24.3 Å². The zero-order chi connectivity index (χ0) is 12.3. The Balaban J connectivity index is 2.02. The van der Waals surface area contributed by atoms with Crippen LogP contribution in [-0.2, 0) is 0 Å². The van der Waals surface area contributed by atoms with Gasteiger partial charge in [0.1, 0.15) is 0 Å². The van der Waals surface area contributed by atoms with E-state index >= 15 is 0 Å². The molecule has 1 fully saturated rings. The summed E-state index contributed by atoms with van der Waals surface area (Å²) in [6.45, 7) is 8.88. The number of rotatable bonds is 2. The Labute approximate surface area is 105 Å². The minimum absolute atomic E-state index is 0.135. The first-order chi connectivity index (χ1) is 8.04. The molecule has 1 aliphatic rings. The Morgan fingerprint density at radius 1 is 1.06 bits per heavy atom. The third-order valence-electron chi connectivity index (χ3n) is 3.24. The van der Waals surface area contributed by atoms with E-state index in [1.54, 1.807) is 0 Å². The molecule has 1 aliphatic heterocycles. The summed E-state index contributed by atoms with van der Waals surface area (Å²) in [4.78, 5) is 0. The zero-order valence-corrected chi connectivity index (χ0v) is 11.2. The Morgan fingerprint density at radius 3 is 2.18 bits per heavy atom. The summed E-state index contributed by atoms with van der Waals surface area (Å²) in [5.41, 5.74) is 2.84. The van der Waals surface area contributed by atoms with Crippen molar-refractivity contribution < 1.29 is 0 Å². The van der Waals surface area contributed by atoms with Gasteiger partial charge in [0.05, 0.1) is 0 Å². The molecule has 1 heterocycles.